The molecule has 0 saturated heterocycles. The summed E-state index contributed by atoms with van der Waals surface area (Å²) in [5, 5.41) is 10.1. The summed E-state index contributed by atoms with van der Waals surface area (Å²) in [6.45, 7) is 0.625. The summed E-state index contributed by atoms with van der Waals surface area (Å²) >= 11 is 0. The van der Waals surface area contributed by atoms with Gasteiger partial charge in [-0.3, -0.25) is 14.3 Å². The second-order valence-corrected chi connectivity index (χ2v) is 8.80. The summed E-state index contributed by atoms with van der Waals surface area (Å²) in [5.41, 5.74) is 3.99. The van der Waals surface area contributed by atoms with Gasteiger partial charge in [-0.25, -0.2) is 0 Å². The van der Waals surface area contributed by atoms with E-state index >= 15 is 0 Å². The van der Waals surface area contributed by atoms with Crippen LogP contribution in [-0.4, -0.2) is 35.2 Å². The lowest BCUT2D eigenvalue weighted by Crippen LogP contribution is -2.29. The first-order valence-electron chi connectivity index (χ1n) is 12.4. The lowest BCUT2D eigenvalue weighted by Gasteiger charge is -2.18. The van der Waals surface area contributed by atoms with Crippen molar-refractivity contribution in [3.05, 3.63) is 114 Å². The van der Waals surface area contributed by atoms with Crippen molar-refractivity contribution in [3.8, 4) is 5.75 Å². The molecule has 0 bridgehead atoms. The van der Waals surface area contributed by atoms with Crippen LogP contribution in [0.15, 0.2) is 97.3 Å². The number of para-hydroxylation sites is 1. The van der Waals surface area contributed by atoms with Gasteiger partial charge in [0.15, 0.2) is 0 Å². The minimum absolute atomic E-state index is 0.0818. The van der Waals surface area contributed by atoms with E-state index in [9.17, 15) is 9.59 Å². The predicted molar refractivity (Wildman–Crippen MR) is 145 cm³/mol. The van der Waals surface area contributed by atoms with E-state index in [1.54, 1.807) is 19.5 Å². The molecule has 4 rings (SSSR count). The number of anilines is 1. The van der Waals surface area contributed by atoms with Crippen LogP contribution >= 0.6 is 0 Å². The number of carbonyl (C=O) groups excluding carboxylic acids is 2. The van der Waals surface area contributed by atoms with Crippen molar-refractivity contribution in [1.82, 2.24) is 15.1 Å². The van der Waals surface area contributed by atoms with Crippen molar-refractivity contribution in [1.29, 1.82) is 0 Å². The summed E-state index contributed by atoms with van der Waals surface area (Å²) in [6, 6.07) is 28.3. The molecule has 3 aromatic carbocycles. The normalized spacial score (nSPS) is 10.8. The molecule has 0 aliphatic carbocycles. The van der Waals surface area contributed by atoms with Crippen LogP contribution in [0.2, 0.25) is 0 Å². The molecule has 0 fully saturated rings. The highest BCUT2D eigenvalue weighted by Crippen LogP contribution is 2.27. The summed E-state index contributed by atoms with van der Waals surface area (Å²) in [4.78, 5) is 24.9. The average molecular weight is 497 g/mol. The number of nitrogens with zero attached hydrogens (tertiary/aromatic N) is 2. The van der Waals surface area contributed by atoms with E-state index in [1.165, 1.54) is 15.8 Å². The quantitative estimate of drug-likeness (QED) is 0.295. The minimum atomic E-state index is -0.128. The second kappa shape index (κ2) is 13.1. The maximum atomic E-state index is 12.5. The van der Waals surface area contributed by atoms with E-state index < -0.39 is 0 Å². The first-order chi connectivity index (χ1) is 18.1. The van der Waals surface area contributed by atoms with Crippen LogP contribution in [0.1, 0.15) is 35.4 Å². The fourth-order valence-electron chi connectivity index (χ4n) is 4.35. The summed E-state index contributed by atoms with van der Waals surface area (Å²) in [7, 11) is 1.62. The third kappa shape index (κ3) is 7.54. The van der Waals surface area contributed by atoms with Crippen molar-refractivity contribution in [2.45, 2.75) is 31.7 Å². The standard InChI is InChI=1S/C30H32N4O3/c1-37-28-15-9-8-14-25(28)16-17-29(35)33-26-20-32-34(21-26)22-30(36)31-19-18-27(23-10-4-2-5-11-23)24-12-6-3-7-13-24/h2-15,20-21,27H,16-19,22H2,1H3,(H,31,36)(H,33,35). The van der Waals surface area contributed by atoms with E-state index in [4.69, 9.17) is 4.74 Å². The first-order valence-corrected chi connectivity index (χ1v) is 12.4. The number of benzene rings is 3. The van der Waals surface area contributed by atoms with Crippen molar-refractivity contribution in [2.75, 3.05) is 19.0 Å². The van der Waals surface area contributed by atoms with Gasteiger partial charge in [-0.05, 0) is 35.6 Å². The predicted octanol–water partition coefficient (Wildman–Crippen LogP) is 4.80. The molecule has 2 N–H and O–H groups in total. The molecule has 1 aromatic heterocycles. The Morgan fingerprint density at radius 3 is 2.22 bits per heavy atom. The zero-order valence-electron chi connectivity index (χ0n) is 21.0. The van der Waals surface area contributed by atoms with Crippen LogP contribution in [0.3, 0.4) is 0 Å². The molecule has 0 aliphatic rings. The van der Waals surface area contributed by atoms with Gasteiger partial charge in [0, 0.05) is 25.1 Å². The molecule has 0 radical (unpaired) electrons. The molecule has 7 heteroatoms. The SMILES string of the molecule is COc1ccccc1CCC(=O)Nc1cnn(CC(=O)NCCC(c2ccccc2)c2ccccc2)c1. The largest absolute Gasteiger partial charge is 0.496 e. The number of nitrogens with one attached hydrogen (secondary N) is 2. The highest BCUT2D eigenvalue weighted by atomic mass is 16.5. The lowest BCUT2D eigenvalue weighted by atomic mass is 9.88. The molecule has 1 heterocycles. The summed E-state index contributed by atoms with van der Waals surface area (Å²) in [6.07, 6.45) is 4.88. The molecule has 190 valence electrons. The van der Waals surface area contributed by atoms with Crippen LogP contribution in [0.4, 0.5) is 5.69 Å². The number of rotatable bonds is 12. The van der Waals surface area contributed by atoms with Crippen molar-refractivity contribution >= 4 is 17.5 Å². The van der Waals surface area contributed by atoms with Gasteiger partial charge in [0.2, 0.25) is 11.8 Å². The van der Waals surface area contributed by atoms with Crippen LogP contribution in [0, 0.1) is 0 Å². The van der Waals surface area contributed by atoms with E-state index in [0.717, 1.165) is 17.7 Å². The van der Waals surface area contributed by atoms with E-state index in [0.29, 0.717) is 25.1 Å². The number of hydrogen-bond donors (Lipinski definition) is 2. The summed E-state index contributed by atoms with van der Waals surface area (Å²) in [5.74, 6) is 0.720. The molecular weight excluding hydrogens is 464 g/mol. The van der Waals surface area contributed by atoms with Crippen LogP contribution in [0.5, 0.6) is 5.75 Å². The molecule has 0 atom stereocenters. The van der Waals surface area contributed by atoms with Gasteiger partial charge in [-0.1, -0.05) is 78.9 Å². The van der Waals surface area contributed by atoms with Crippen molar-refractivity contribution < 1.29 is 14.3 Å². The van der Waals surface area contributed by atoms with E-state index in [1.807, 2.05) is 60.7 Å². The summed E-state index contributed by atoms with van der Waals surface area (Å²) < 4.78 is 6.86. The van der Waals surface area contributed by atoms with E-state index in [2.05, 4.69) is 40.0 Å². The zero-order valence-corrected chi connectivity index (χ0v) is 21.0. The Morgan fingerprint density at radius 1 is 0.892 bits per heavy atom. The molecule has 0 aliphatic heterocycles. The van der Waals surface area contributed by atoms with Crippen molar-refractivity contribution in [3.63, 3.8) is 0 Å². The minimum Gasteiger partial charge on any atom is -0.496 e. The van der Waals surface area contributed by atoms with Gasteiger partial charge in [0.05, 0.1) is 19.0 Å². The number of hydrogen-bond acceptors (Lipinski definition) is 4. The maximum Gasteiger partial charge on any atom is 0.241 e. The van der Waals surface area contributed by atoms with Crippen LogP contribution in [-0.2, 0) is 22.6 Å². The van der Waals surface area contributed by atoms with Gasteiger partial charge in [0.1, 0.15) is 12.3 Å². The van der Waals surface area contributed by atoms with Gasteiger partial charge in [-0.2, -0.15) is 5.10 Å². The van der Waals surface area contributed by atoms with E-state index in [-0.39, 0.29) is 24.3 Å². The number of amides is 2. The topological polar surface area (TPSA) is 85.2 Å². The van der Waals surface area contributed by atoms with Gasteiger partial charge < -0.3 is 15.4 Å². The third-order valence-corrected chi connectivity index (χ3v) is 6.20. The number of methoxy groups -OCH3 is 1. The van der Waals surface area contributed by atoms with Crippen molar-refractivity contribution in [2.24, 2.45) is 0 Å². The van der Waals surface area contributed by atoms with Gasteiger partial charge in [0.25, 0.3) is 0 Å². The van der Waals surface area contributed by atoms with Gasteiger partial charge >= 0.3 is 0 Å². The zero-order chi connectivity index (χ0) is 25.9. The molecule has 37 heavy (non-hydrogen) atoms. The Balaban J connectivity index is 1.24. The Kier molecular flexibility index (Phi) is 9.07. The molecule has 4 aromatic rings. The number of aromatic nitrogens is 2. The molecule has 0 saturated carbocycles. The first kappa shape index (κ1) is 25.7. The fraction of sp³-hybridized carbons (Fsp3) is 0.233. The number of aryl methyl sites for hydroxylation is 1. The molecule has 2 amide bonds. The molecule has 0 spiro atoms. The smallest absolute Gasteiger partial charge is 0.241 e. The molecule has 7 nitrogen and oxygen atoms in total. The Bertz CT molecular complexity index is 1250. The maximum absolute atomic E-state index is 12.5. The Labute approximate surface area is 217 Å². The monoisotopic (exact) mass is 496 g/mol. The third-order valence-electron chi connectivity index (χ3n) is 6.20. The number of carbonyl (C=O) groups is 2. The molecular formula is C30H32N4O3. The lowest BCUT2D eigenvalue weighted by molar-refractivity contribution is -0.121. The second-order valence-electron chi connectivity index (χ2n) is 8.80. The Morgan fingerprint density at radius 2 is 1.54 bits per heavy atom. The van der Waals surface area contributed by atoms with Gasteiger partial charge in [-0.15, -0.1) is 0 Å². The molecule has 0 unspecified atom stereocenters. The fourth-order valence-corrected chi connectivity index (χ4v) is 4.35. The van der Waals surface area contributed by atoms with Crippen LogP contribution in [0.25, 0.3) is 0 Å². The van der Waals surface area contributed by atoms with Crippen LogP contribution < -0.4 is 15.4 Å². The average Bonchev–Trinajstić information content (AvgIpc) is 3.37. The number of ether oxygens (including phenoxy) is 1. The Hall–Kier alpha value is -4.39. The highest BCUT2D eigenvalue weighted by molar-refractivity contribution is 5.90. The highest BCUT2D eigenvalue weighted by Gasteiger charge is 2.15.